The van der Waals surface area contributed by atoms with Crippen molar-refractivity contribution in [1.29, 1.82) is 0 Å². The van der Waals surface area contributed by atoms with Gasteiger partial charge in [0.05, 0.1) is 17.8 Å². The standard InChI is InChI=1S/C19H16N2O2S/c22-18(11-24-19-20-14-7-3-4-8-17(14)23-19)21-15-9-10-16(21)13-6-2-1-5-12(13)15/h1-8,15-16H,9-11H2. The number of aromatic nitrogens is 1. The molecule has 2 aliphatic rings. The molecular formula is C19H16N2O2S. The summed E-state index contributed by atoms with van der Waals surface area (Å²) in [5.74, 6) is 0.541. The van der Waals surface area contributed by atoms with Gasteiger partial charge in [0.15, 0.2) is 5.58 Å². The number of hydrogen-bond acceptors (Lipinski definition) is 4. The van der Waals surface area contributed by atoms with Gasteiger partial charge in [-0.3, -0.25) is 4.79 Å². The molecule has 0 aliphatic carbocycles. The summed E-state index contributed by atoms with van der Waals surface area (Å²) in [6.45, 7) is 0. The van der Waals surface area contributed by atoms with Gasteiger partial charge < -0.3 is 9.32 Å². The molecule has 1 saturated heterocycles. The maximum absolute atomic E-state index is 12.8. The maximum atomic E-state index is 12.8. The van der Waals surface area contributed by atoms with Crippen molar-refractivity contribution < 1.29 is 9.21 Å². The Balaban J connectivity index is 1.33. The van der Waals surface area contributed by atoms with Crippen molar-refractivity contribution in [2.45, 2.75) is 30.1 Å². The van der Waals surface area contributed by atoms with Crippen LogP contribution in [0.25, 0.3) is 11.1 Å². The summed E-state index contributed by atoms with van der Waals surface area (Å²) in [7, 11) is 0. The average molecular weight is 336 g/mol. The fourth-order valence-corrected chi connectivity index (χ4v) is 4.71. The fourth-order valence-electron chi connectivity index (χ4n) is 4.00. The van der Waals surface area contributed by atoms with Crippen molar-refractivity contribution >= 4 is 28.8 Å². The SMILES string of the molecule is O=C(CSc1nc2ccccc2o1)N1C2CCC1c1ccccc12. The third kappa shape index (κ3) is 2.08. The normalized spacial score (nSPS) is 21.4. The topological polar surface area (TPSA) is 46.3 Å². The minimum absolute atomic E-state index is 0.172. The summed E-state index contributed by atoms with van der Waals surface area (Å²) in [6, 6.07) is 16.6. The Kier molecular flexibility index (Phi) is 3.16. The van der Waals surface area contributed by atoms with E-state index < -0.39 is 0 Å². The van der Waals surface area contributed by atoms with Gasteiger partial charge in [0.2, 0.25) is 5.91 Å². The zero-order valence-corrected chi connectivity index (χ0v) is 13.8. The van der Waals surface area contributed by atoms with Gasteiger partial charge in [0.1, 0.15) is 5.52 Å². The highest BCUT2D eigenvalue weighted by molar-refractivity contribution is 7.99. The highest BCUT2D eigenvalue weighted by atomic mass is 32.2. The van der Waals surface area contributed by atoms with Gasteiger partial charge in [0.25, 0.3) is 5.22 Å². The number of carbonyl (C=O) groups excluding carboxylic acids is 1. The lowest BCUT2D eigenvalue weighted by atomic mass is 9.92. The van der Waals surface area contributed by atoms with E-state index in [0.717, 1.165) is 23.9 Å². The number of rotatable bonds is 3. The molecule has 2 aliphatic heterocycles. The van der Waals surface area contributed by atoms with Crippen LogP contribution < -0.4 is 0 Å². The molecule has 24 heavy (non-hydrogen) atoms. The predicted molar refractivity (Wildman–Crippen MR) is 92.7 cm³/mol. The molecule has 1 amide bonds. The summed E-state index contributed by atoms with van der Waals surface area (Å²) < 4.78 is 5.69. The minimum atomic E-state index is 0.172. The Labute approximate surface area is 143 Å². The number of hydrogen-bond donors (Lipinski definition) is 0. The molecule has 1 fully saturated rings. The van der Waals surface area contributed by atoms with Crippen LogP contribution in [0.1, 0.15) is 36.1 Å². The van der Waals surface area contributed by atoms with Gasteiger partial charge in [-0.1, -0.05) is 48.2 Å². The molecule has 2 atom stereocenters. The number of benzene rings is 2. The number of thioether (sulfide) groups is 1. The Morgan fingerprint density at radius 1 is 1.08 bits per heavy atom. The Morgan fingerprint density at radius 3 is 2.46 bits per heavy atom. The highest BCUT2D eigenvalue weighted by Crippen LogP contribution is 2.53. The van der Waals surface area contributed by atoms with Crippen LogP contribution in [0.4, 0.5) is 0 Å². The number of para-hydroxylation sites is 2. The molecule has 5 rings (SSSR count). The second kappa shape index (κ2) is 5.38. The van der Waals surface area contributed by atoms with Crippen LogP contribution in [0.3, 0.4) is 0 Å². The molecular weight excluding hydrogens is 320 g/mol. The lowest BCUT2D eigenvalue weighted by molar-refractivity contribution is -0.130. The summed E-state index contributed by atoms with van der Waals surface area (Å²) in [6.07, 6.45) is 2.14. The first-order valence-electron chi connectivity index (χ1n) is 8.19. The van der Waals surface area contributed by atoms with Gasteiger partial charge in [-0.15, -0.1) is 0 Å². The van der Waals surface area contributed by atoms with Crippen LogP contribution in [0.2, 0.25) is 0 Å². The van der Waals surface area contributed by atoms with E-state index in [0.29, 0.717) is 11.0 Å². The van der Waals surface area contributed by atoms with Gasteiger partial charge in [-0.25, -0.2) is 4.98 Å². The molecule has 3 heterocycles. The van der Waals surface area contributed by atoms with Crippen LogP contribution in [-0.4, -0.2) is 21.5 Å². The molecule has 4 nitrogen and oxygen atoms in total. The molecule has 0 N–H and O–H groups in total. The first-order chi connectivity index (χ1) is 11.8. The lowest BCUT2D eigenvalue weighted by Crippen LogP contribution is -2.29. The van der Waals surface area contributed by atoms with E-state index in [1.165, 1.54) is 22.9 Å². The van der Waals surface area contributed by atoms with E-state index in [2.05, 4.69) is 34.1 Å². The summed E-state index contributed by atoms with van der Waals surface area (Å²) in [5, 5.41) is 0.564. The zero-order chi connectivity index (χ0) is 16.1. The van der Waals surface area contributed by atoms with Gasteiger partial charge in [-0.05, 0) is 36.1 Å². The Morgan fingerprint density at radius 2 is 1.75 bits per heavy atom. The molecule has 1 aromatic heterocycles. The van der Waals surface area contributed by atoms with E-state index in [9.17, 15) is 4.79 Å². The van der Waals surface area contributed by atoms with Gasteiger partial charge in [0, 0.05) is 0 Å². The van der Waals surface area contributed by atoms with Crippen molar-refractivity contribution in [3.05, 3.63) is 59.7 Å². The zero-order valence-electron chi connectivity index (χ0n) is 13.0. The van der Waals surface area contributed by atoms with E-state index in [1.54, 1.807) is 0 Å². The minimum Gasteiger partial charge on any atom is -0.431 e. The molecule has 2 aromatic carbocycles. The number of nitrogens with zero attached hydrogens (tertiary/aromatic N) is 2. The summed E-state index contributed by atoms with van der Waals surface area (Å²) in [4.78, 5) is 19.3. The quantitative estimate of drug-likeness (QED) is 0.668. The highest BCUT2D eigenvalue weighted by Gasteiger charge is 2.45. The van der Waals surface area contributed by atoms with E-state index in [-0.39, 0.29) is 18.0 Å². The number of carbonyl (C=O) groups is 1. The number of amides is 1. The van der Waals surface area contributed by atoms with Crippen molar-refractivity contribution in [3.63, 3.8) is 0 Å². The molecule has 2 bridgehead atoms. The third-order valence-electron chi connectivity index (χ3n) is 4.98. The second-order valence-electron chi connectivity index (χ2n) is 6.28. The largest absolute Gasteiger partial charge is 0.431 e. The summed E-state index contributed by atoms with van der Waals surface area (Å²) in [5.41, 5.74) is 4.25. The lowest BCUT2D eigenvalue weighted by Gasteiger charge is -2.22. The van der Waals surface area contributed by atoms with Crippen molar-refractivity contribution in [2.75, 3.05) is 5.75 Å². The first kappa shape index (κ1) is 14.1. The van der Waals surface area contributed by atoms with Crippen molar-refractivity contribution in [1.82, 2.24) is 9.88 Å². The van der Waals surface area contributed by atoms with Crippen molar-refractivity contribution in [3.8, 4) is 0 Å². The molecule has 120 valence electrons. The molecule has 5 heteroatoms. The first-order valence-corrected chi connectivity index (χ1v) is 9.18. The van der Waals surface area contributed by atoms with Crippen LogP contribution in [0.5, 0.6) is 0 Å². The fraction of sp³-hybridized carbons (Fsp3) is 0.263. The van der Waals surface area contributed by atoms with Crippen molar-refractivity contribution in [2.24, 2.45) is 0 Å². The second-order valence-corrected chi connectivity index (χ2v) is 7.20. The summed E-state index contributed by atoms with van der Waals surface area (Å²) >= 11 is 1.38. The smallest absolute Gasteiger partial charge is 0.257 e. The Hall–Kier alpha value is -2.27. The average Bonchev–Trinajstić information content (AvgIpc) is 3.31. The molecule has 0 radical (unpaired) electrons. The van der Waals surface area contributed by atoms with Crippen LogP contribution in [-0.2, 0) is 4.79 Å². The van der Waals surface area contributed by atoms with Crippen LogP contribution in [0, 0.1) is 0 Å². The number of oxazole rings is 1. The van der Waals surface area contributed by atoms with E-state index >= 15 is 0 Å². The van der Waals surface area contributed by atoms with Crippen LogP contribution in [0.15, 0.2) is 58.2 Å². The molecule has 0 saturated carbocycles. The molecule has 3 aromatic rings. The monoisotopic (exact) mass is 336 g/mol. The van der Waals surface area contributed by atoms with Gasteiger partial charge in [-0.2, -0.15) is 0 Å². The number of fused-ring (bicyclic) bond motifs is 6. The Bertz CT molecular complexity index is 872. The maximum Gasteiger partial charge on any atom is 0.257 e. The van der Waals surface area contributed by atoms with Crippen LogP contribution >= 0.6 is 11.8 Å². The predicted octanol–water partition coefficient (Wildman–Crippen LogP) is 4.34. The molecule has 0 spiro atoms. The van der Waals surface area contributed by atoms with Gasteiger partial charge >= 0.3 is 0 Å². The van der Waals surface area contributed by atoms with E-state index in [1.807, 2.05) is 24.3 Å². The third-order valence-corrected chi connectivity index (χ3v) is 5.79. The van der Waals surface area contributed by atoms with E-state index in [4.69, 9.17) is 4.42 Å². The molecule has 2 unspecified atom stereocenters.